The first-order valence-corrected chi connectivity index (χ1v) is 5.56. The maximum atomic E-state index is 6.07. The number of nitrogens with two attached hydrogens (primary N) is 1. The topological polar surface area (TPSA) is 26.0 Å². The average Bonchev–Trinajstić information content (AvgIpc) is 1.97. The fourth-order valence-electron chi connectivity index (χ4n) is 1.36. The average molecular weight is 185 g/mol. The molecule has 0 heterocycles. The summed E-state index contributed by atoms with van der Waals surface area (Å²) in [6.07, 6.45) is 6.16. The highest BCUT2D eigenvalue weighted by Crippen LogP contribution is 2.23. The van der Waals surface area contributed by atoms with Crippen LogP contribution >= 0.6 is 0 Å². The Hall–Kier alpha value is -0.0400. The van der Waals surface area contributed by atoms with E-state index >= 15 is 0 Å². The number of hydrogen-bond acceptors (Lipinski definition) is 1. The maximum absolute atomic E-state index is 6.07. The lowest BCUT2D eigenvalue weighted by atomic mass is 9.87. The molecule has 1 nitrogen and oxygen atoms in total. The van der Waals surface area contributed by atoms with Crippen molar-refractivity contribution in [2.24, 2.45) is 11.1 Å². The van der Waals surface area contributed by atoms with E-state index < -0.39 is 0 Å². The van der Waals surface area contributed by atoms with Gasteiger partial charge < -0.3 is 5.73 Å². The molecule has 13 heavy (non-hydrogen) atoms. The molecular formula is C12H27N. The molecule has 1 atom stereocenters. The monoisotopic (exact) mass is 185 g/mol. The van der Waals surface area contributed by atoms with Crippen LogP contribution in [0.1, 0.15) is 66.7 Å². The van der Waals surface area contributed by atoms with Crippen molar-refractivity contribution in [1.82, 2.24) is 0 Å². The second kappa shape index (κ2) is 4.99. The molecule has 1 heteroatoms. The van der Waals surface area contributed by atoms with Crippen molar-refractivity contribution < 1.29 is 0 Å². The summed E-state index contributed by atoms with van der Waals surface area (Å²) in [4.78, 5) is 0. The Labute approximate surface area is 84.1 Å². The van der Waals surface area contributed by atoms with Gasteiger partial charge in [-0.15, -0.1) is 0 Å². The van der Waals surface area contributed by atoms with Gasteiger partial charge in [0.05, 0.1) is 0 Å². The quantitative estimate of drug-likeness (QED) is 0.649. The molecular weight excluding hydrogens is 158 g/mol. The van der Waals surface area contributed by atoms with E-state index in [9.17, 15) is 0 Å². The van der Waals surface area contributed by atoms with Gasteiger partial charge in [-0.25, -0.2) is 0 Å². The van der Waals surface area contributed by atoms with Crippen LogP contribution in [0.4, 0.5) is 0 Å². The van der Waals surface area contributed by atoms with Gasteiger partial charge >= 0.3 is 0 Å². The van der Waals surface area contributed by atoms with E-state index in [1.54, 1.807) is 0 Å². The molecule has 0 aromatic carbocycles. The first-order chi connectivity index (χ1) is 5.77. The van der Waals surface area contributed by atoms with Gasteiger partial charge in [0, 0.05) is 5.54 Å². The molecule has 0 spiro atoms. The summed E-state index contributed by atoms with van der Waals surface area (Å²) < 4.78 is 0. The molecule has 0 rings (SSSR count). The van der Waals surface area contributed by atoms with Crippen molar-refractivity contribution in [3.05, 3.63) is 0 Å². The molecule has 0 aliphatic carbocycles. The SMILES string of the molecule is CCC(C)(N)CCCCC(C)(C)C. The fourth-order valence-corrected chi connectivity index (χ4v) is 1.36. The van der Waals surface area contributed by atoms with Crippen LogP contribution in [0.15, 0.2) is 0 Å². The van der Waals surface area contributed by atoms with Crippen LogP contribution in [-0.2, 0) is 0 Å². The Morgan fingerprint density at radius 1 is 0.923 bits per heavy atom. The van der Waals surface area contributed by atoms with Crippen LogP contribution in [0.5, 0.6) is 0 Å². The molecule has 1 unspecified atom stereocenters. The van der Waals surface area contributed by atoms with E-state index in [0.29, 0.717) is 5.41 Å². The first kappa shape index (κ1) is 13.0. The molecule has 0 amide bonds. The zero-order chi connectivity index (χ0) is 10.5. The summed E-state index contributed by atoms with van der Waals surface area (Å²) in [7, 11) is 0. The van der Waals surface area contributed by atoms with Gasteiger partial charge in [0.2, 0.25) is 0 Å². The Morgan fingerprint density at radius 2 is 1.38 bits per heavy atom. The van der Waals surface area contributed by atoms with Crippen LogP contribution in [0.2, 0.25) is 0 Å². The second-order valence-corrected chi connectivity index (χ2v) is 5.78. The largest absolute Gasteiger partial charge is 0.325 e. The van der Waals surface area contributed by atoms with E-state index in [2.05, 4.69) is 34.6 Å². The van der Waals surface area contributed by atoms with Gasteiger partial charge in [0.15, 0.2) is 0 Å². The molecule has 0 radical (unpaired) electrons. The normalized spacial score (nSPS) is 17.1. The van der Waals surface area contributed by atoms with Crippen molar-refractivity contribution in [3.8, 4) is 0 Å². The van der Waals surface area contributed by atoms with E-state index in [0.717, 1.165) is 6.42 Å². The van der Waals surface area contributed by atoms with Gasteiger partial charge in [-0.05, 0) is 31.6 Å². The molecule has 0 aliphatic rings. The Balaban J connectivity index is 3.47. The molecule has 0 aromatic rings. The van der Waals surface area contributed by atoms with Crippen molar-refractivity contribution >= 4 is 0 Å². The molecule has 0 saturated carbocycles. The summed E-state index contributed by atoms with van der Waals surface area (Å²) in [5, 5.41) is 0. The van der Waals surface area contributed by atoms with Gasteiger partial charge in [0.25, 0.3) is 0 Å². The Bertz CT molecular complexity index is 131. The summed E-state index contributed by atoms with van der Waals surface area (Å²) in [6, 6.07) is 0. The lowest BCUT2D eigenvalue weighted by Gasteiger charge is -2.24. The zero-order valence-corrected chi connectivity index (χ0v) is 10.1. The van der Waals surface area contributed by atoms with E-state index in [1.165, 1.54) is 25.7 Å². The smallest absolute Gasteiger partial charge is 0.0123 e. The standard InChI is InChI=1S/C12H27N/c1-6-12(5,13)10-8-7-9-11(2,3)4/h6-10,13H2,1-5H3. The summed E-state index contributed by atoms with van der Waals surface area (Å²) in [5.41, 5.74) is 6.62. The lowest BCUT2D eigenvalue weighted by molar-refractivity contribution is 0.335. The second-order valence-electron chi connectivity index (χ2n) is 5.78. The van der Waals surface area contributed by atoms with Crippen LogP contribution in [0.25, 0.3) is 0 Å². The van der Waals surface area contributed by atoms with Gasteiger partial charge in [-0.2, -0.15) is 0 Å². The first-order valence-electron chi connectivity index (χ1n) is 5.56. The number of hydrogen-bond donors (Lipinski definition) is 1. The predicted molar refractivity (Wildman–Crippen MR) is 60.8 cm³/mol. The Kier molecular flexibility index (Phi) is 4.98. The van der Waals surface area contributed by atoms with Crippen molar-refractivity contribution in [1.29, 1.82) is 0 Å². The molecule has 2 N–H and O–H groups in total. The molecule has 0 aromatic heterocycles. The molecule has 0 aliphatic heterocycles. The maximum Gasteiger partial charge on any atom is 0.0123 e. The van der Waals surface area contributed by atoms with Crippen LogP contribution < -0.4 is 5.73 Å². The van der Waals surface area contributed by atoms with Crippen LogP contribution in [-0.4, -0.2) is 5.54 Å². The van der Waals surface area contributed by atoms with Crippen molar-refractivity contribution in [2.45, 2.75) is 72.3 Å². The Morgan fingerprint density at radius 3 is 1.77 bits per heavy atom. The highest BCUT2D eigenvalue weighted by atomic mass is 14.7. The summed E-state index contributed by atoms with van der Waals surface area (Å²) in [6.45, 7) is 11.2. The van der Waals surface area contributed by atoms with Gasteiger partial charge in [-0.1, -0.05) is 40.5 Å². The number of unbranched alkanes of at least 4 members (excludes halogenated alkanes) is 1. The van der Waals surface area contributed by atoms with Gasteiger partial charge in [-0.3, -0.25) is 0 Å². The van der Waals surface area contributed by atoms with Crippen molar-refractivity contribution in [2.75, 3.05) is 0 Å². The molecule has 0 bridgehead atoms. The van der Waals surface area contributed by atoms with Crippen LogP contribution in [0, 0.1) is 5.41 Å². The van der Waals surface area contributed by atoms with E-state index in [4.69, 9.17) is 5.73 Å². The lowest BCUT2D eigenvalue weighted by Crippen LogP contribution is -2.34. The summed E-state index contributed by atoms with van der Waals surface area (Å²) >= 11 is 0. The predicted octanol–water partition coefficient (Wildman–Crippen LogP) is 3.72. The highest BCUT2D eigenvalue weighted by Gasteiger charge is 2.15. The molecule has 0 fully saturated rings. The molecule has 0 saturated heterocycles. The zero-order valence-electron chi connectivity index (χ0n) is 10.1. The minimum atomic E-state index is 0.0673. The van der Waals surface area contributed by atoms with Gasteiger partial charge in [0.1, 0.15) is 0 Å². The summed E-state index contributed by atoms with van der Waals surface area (Å²) in [5.74, 6) is 0. The van der Waals surface area contributed by atoms with Crippen molar-refractivity contribution in [3.63, 3.8) is 0 Å². The third kappa shape index (κ3) is 8.29. The number of rotatable bonds is 5. The van der Waals surface area contributed by atoms with Crippen LogP contribution in [0.3, 0.4) is 0 Å². The minimum absolute atomic E-state index is 0.0673. The molecule has 80 valence electrons. The fraction of sp³-hybridized carbons (Fsp3) is 1.00. The van der Waals surface area contributed by atoms with E-state index in [1.807, 2.05) is 0 Å². The third-order valence-corrected chi connectivity index (χ3v) is 2.73. The minimum Gasteiger partial charge on any atom is -0.325 e. The third-order valence-electron chi connectivity index (χ3n) is 2.73. The van der Waals surface area contributed by atoms with E-state index in [-0.39, 0.29) is 5.54 Å². The highest BCUT2D eigenvalue weighted by molar-refractivity contribution is 4.76.